The summed E-state index contributed by atoms with van der Waals surface area (Å²) in [5.74, 6) is 0.186. The highest BCUT2D eigenvalue weighted by atomic mass is 16.5. The Morgan fingerprint density at radius 2 is 2.15 bits per heavy atom. The topological polar surface area (TPSA) is 49.8 Å². The van der Waals surface area contributed by atoms with Gasteiger partial charge in [0.1, 0.15) is 11.8 Å². The van der Waals surface area contributed by atoms with E-state index in [4.69, 9.17) is 4.74 Å². The van der Waals surface area contributed by atoms with Crippen molar-refractivity contribution in [1.82, 2.24) is 4.90 Å². The van der Waals surface area contributed by atoms with Crippen molar-refractivity contribution in [1.29, 1.82) is 0 Å². The molecule has 0 bridgehead atoms. The summed E-state index contributed by atoms with van der Waals surface area (Å²) in [4.78, 5) is 13.3. The third-order valence-electron chi connectivity index (χ3n) is 4.16. The van der Waals surface area contributed by atoms with Crippen LogP contribution in [0.4, 0.5) is 0 Å². The Balaban J connectivity index is 1.87. The zero-order chi connectivity index (χ0) is 14.5. The second-order valence-electron chi connectivity index (χ2n) is 5.47. The van der Waals surface area contributed by atoms with Gasteiger partial charge in [0.25, 0.3) is 0 Å². The summed E-state index contributed by atoms with van der Waals surface area (Å²) >= 11 is 0. The molecule has 0 spiro atoms. The fraction of sp³-hybridized carbons (Fsp3) is 0.562. The number of aliphatic carboxylic acids is 1. The van der Waals surface area contributed by atoms with Gasteiger partial charge in [0, 0.05) is 6.04 Å². The van der Waals surface area contributed by atoms with Gasteiger partial charge < -0.3 is 9.84 Å². The SMILES string of the molecule is COc1ccc(CCC(C)N2CCCC2C(=O)O)cc1. The zero-order valence-electron chi connectivity index (χ0n) is 12.2. The van der Waals surface area contributed by atoms with Crippen LogP contribution in [0.15, 0.2) is 24.3 Å². The van der Waals surface area contributed by atoms with Crippen molar-refractivity contribution in [2.24, 2.45) is 0 Å². The van der Waals surface area contributed by atoms with Crippen LogP contribution in [0.25, 0.3) is 0 Å². The van der Waals surface area contributed by atoms with Crippen LogP contribution in [0.5, 0.6) is 5.75 Å². The number of ether oxygens (including phenoxy) is 1. The summed E-state index contributed by atoms with van der Waals surface area (Å²) in [5, 5.41) is 9.22. The first-order valence-corrected chi connectivity index (χ1v) is 7.23. The average molecular weight is 277 g/mol. The Morgan fingerprint density at radius 3 is 2.75 bits per heavy atom. The van der Waals surface area contributed by atoms with E-state index in [0.29, 0.717) is 6.04 Å². The highest BCUT2D eigenvalue weighted by molar-refractivity contribution is 5.73. The van der Waals surface area contributed by atoms with Crippen LogP contribution in [-0.2, 0) is 11.2 Å². The fourth-order valence-electron chi connectivity index (χ4n) is 2.92. The van der Waals surface area contributed by atoms with Gasteiger partial charge in [-0.05, 0) is 56.8 Å². The van der Waals surface area contributed by atoms with Crippen LogP contribution in [0.2, 0.25) is 0 Å². The second-order valence-corrected chi connectivity index (χ2v) is 5.47. The van der Waals surface area contributed by atoms with Crippen molar-refractivity contribution >= 4 is 5.97 Å². The number of hydrogen-bond acceptors (Lipinski definition) is 3. The van der Waals surface area contributed by atoms with Gasteiger partial charge in [0.15, 0.2) is 0 Å². The smallest absolute Gasteiger partial charge is 0.320 e. The lowest BCUT2D eigenvalue weighted by Crippen LogP contribution is -2.42. The first-order valence-electron chi connectivity index (χ1n) is 7.23. The molecular formula is C16H23NO3. The standard InChI is InChI=1S/C16H23NO3/c1-12(17-11-3-4-15(17)16(18)19)5-6-13-7-9-14(20-2)10-8-13/h7-10,12,15H,3-6,11H2,1-2H3,(H,18,19). The average Bonchev–Trinajstić information content (AvgIpc) is 2.95. The molecule has 1 saturated heterocycles. The minimum atomic E-state index is -0.682. The second kappa shape index (κ2) is 6.75. The van der Waals surface area contributed by atoms with Gasteiger partial charge in [-0.3, -0.25) is 9.69 Å². The summed E-state index contributed by atoms with van der Waals surface area (Å²) in [6, 6.07) is 8.10. The van der Waals surface area contributed by atoms with Crippen LogP contribution < -0.4 is 4.74 Å². The Hall–Kier alpha value is -1.55. The number of rotatable bonds is 6. The number of nitrogens with zero attached hydrogens (tertiary/aromatic N) is 1. The Labute approximate surface area is 120 Å². The number of aryl methyl sites for hydroxylation is 1. The molecule has 110 valence electrons. The molecule has 1 N–H and O–H groups in total. The van der Waals surface area contributed by atoms with E-state index >= 15 is 0 Å². The minimum absolute atomic E-state index is 0.291. The molecule has 1 aromatic rings. The molecule has 0 amide bonds. The van der Waals surface area contributed by atoms with E-state index in [1.54, 1.807) is 7.11 Å². The van der Waals surface area contributed by atoms with Gasteiger partial charge >= 0.3 is 5.97 Å². The maximum atomic E-state index is 11.2. The van der Waals surface area contributed by atoms with Crippen LogP contribution >= 0.6 is 0 Å². The number of carboxylic acids is 1. The fourth-order valence-corrected chi connectivity index (χ4v) is 2.92. The van der Waals surface area contributed by atoms with Gasteiger partial charge in [-0.1, -0.05) is 12.1 Å². The normalized spacial score (nSPS) is 20.8. The number of benzene rings is 1. The highest BCUT2D eigenvalue weighted by Gasteiger charge is 2.33. The molecule has 1 aromatic carbocycles. The summed E-state index contributed by atoms with van der Waals surface area (Å²) in [6.45, 7) is 3.03. The van der Waals surface area contributed by atoms with E-state index in [1.807, 2.05) is 12.1 Å². The quantitative estimate of drug-likeness (QED) is 0.868. The molecule has 2 rings (SSSR count). The molecule has 0 aliphatic carbocycles. The van der Waals surface area contributed by atoms with E-state index in [2.05, 4.69) is 24.0 Å². The Kier molecular flexibility index (Phi) is 5.01. The van der Waals surface area contributed by atoms with E-state index in [-0.39, 0.29) is 6.04 Å². The van der Waals surface area contributed by atoms with E-state index in [1.165, 1.54) is 5.56 Å². The van der Waals surface area contributed by atoms with Crippen LogP contribution in [-0.4, -0.2) is 41.7 Å². The first-order chi connectivity index (χ1) is 9.61. The van der Waals surface area contributed by atoms with Crippen molar-refractivity contribution in [2.45, 2.75) is 44.7 Å². The molecule has 2 atom stereocenters. The Bertz CT molecular complexity index is 444. The summed E-state index contributed by atoms with van der Waals surface area (Å²) in [5.41, 5.74) is 1.27. The van der Waals surface area contributed by atoms with Crippen LogP contribution in [0.1, 0.15) is 31.7 Å². The van der Waals surface area contributed by atoms with Crippen molar-refractivity contribution < 1.29 is 14.6 Å². The third-order valence-corrected chi connectivity index (χ3v) is 4.16. The number of carboxylic acid groups (broad SMARTS) is 1. The predicted molar refractivity (Wildman–Crippen MR) is 78.1 cm³/mol. The van der Waals surface area contributed by atoms with Crippen molar-refractivity contribution in [3.8, 4) is 5.75 Å². The molecule has 2 unspecified atom stereocenters. The highest BCUT2D eigenvalue weighted by Crippen LogP contribution is 2.23. The maximum Gasteiger partial charge on any atom is 0.320 e. The maximum absolute atomic E-state index is 11.2. The van der Waals surface area contributed by atoms with Gasteiger partial charge in [0.2, 0.25) is 0 Å². The molecular weight excluding hydrogens is 254 g/mol. The molecule has 1 aliphatic heterocycles. The van der Waals surface area contributed by atoms with E-state index < -0.39 is 5.97 Å². The van der Waals surface area contributed by atoms with Gasteiger partial charge in [0.05, 0.1) is 7.11 Å². The lowest BCUT2D eigenvalue weighted by atomic mass is 10.0. The third kappa shape index (κ3) is 3.51. The number of carbonyl (C=O) groups is 1. The van der Waals surface area contributed by atoms with Crippen molar-refractivity contribution in [3.05, 3.63) is 29.8 Å². The molecule has 20 heavy (non-hydrogen) atoms. The van der Waals surface area contributed by atoms with Crippen LogP contribution in [0, 0.1) is 0 Å². The van der Waals surface area contributed by atoms with Gasteiger partial charge in [-0.25, -0.2) is 0 Å². The number of methoxy groups -OCH3 is 1. The van der Waals surface area contributed by atoms with E-state index in [0.717, 1.165) is 38.0 Å². The van der Waals surface area contributed by atoms with Crippen molar-refractivity contribution in [3.63, 3.8) is 0 Å². The summed E-state index contributed by atoms with van der Waals surface area (Å²) in [6.07, 6.45) is 3.72. The lowest BCUT2D eigenvalue weighted by Gasteiger charge is -2.28. The van der Waals surface area contributed by atoms with Gasteiger partial charge in [-0.15, -0.1) is 0 Å². The molecule has 1 fully saturated rings. The molecule has 0 aromatic heterocycles. The monoisotopic (exact) mass is 277 g/mol. The van der Waals surface area contributed by atoms with E-state index in [9.17, 15) is 9.90 Å². The summed E-state index contributed by atoms with van der Waals surface area (Å²) < 4.78 is 5.14. The molecule has 4 heteroatoms. The molecule has 4 nitrogen and oxygen atoms in total. The first kappa shape index (κ1) is 14.9. The largest absolute Gasteiger partial charge is 0.497 e. The number of likely N-dealkylation sites (tertiary alicyclic amines) is 1. The van der Waals surface area contributed by atoms with Gasteiger partial charge in [-0.2, -0.15) is 0 Å². The molecule has 0 radical (unpaired) electrons. The summed E-state index contributed by atoms with van der Waals surface area (Å²) in [7, 11) is 1.66. The zero-order valence-corrected chi connectivity index (χ0v) is 12.2. The lowest BCUT2D eigenvalue weighted by molar-refractivity contribution is -0.142. The molecule has 1 aliphatic rings. The minimum Gasteiger partial charge on any atom is -0.497 e. The predicted octanol–water partition coefficient (Wildman–Crippen LogP) is 2.57. The van der Waals surface area contributed by atoms with Crippen molar-refractivity contribution in [2.75, 3.05) is 13.7 Å². The molecule has 0 saturated carbocycles. The number of hydrogen-bond donors (Lipinski definition) is 1. The Morgan fingerprint density at radius 1 is 1.45 bits per heavy atom. The molecule has 1 heterocycles. The van der Waals surface area contributed by atoms with Crippen LogP contribution in [0.3, 0.4) is 0 Å².